The van der Waals surface area contributed by atoms with Gasteiger partial charge in [0.15, 0.2) is 0 Å². The number of benzene rings is 1. The summed E-state index contributed by atoms with van der Waals surface area (Å²) in [4.78, 5) is 0. The molecule has 1 aliphatic rings. The molecule has 1 aromatic carbocycles. The Kier molecular flexibility index (Phi) is 6.95. The van der Waals surface area contributed by atoms with Gasteiger partial charge in [-0.05, 0) is 55.7 Å². The zero-order valence-electron chi connectivity index (χ0n) is 14.0. The van der Waals surface area contributed by atoms with Crippen molar-refractivity contribution >= 4 is 0 Å². The molecular weight excluding hydrogens is 286 g/mol. The summed E-state index contributed by atoms with van der Waals surface area (Å²) in [7, 11) is 0. The van der Waals surface area contributed by atoms with Crippen molar-refractivity contribution in [3.63, 3.8) is 0 Å². The molecule has 0 unspecified atom stereocenters. The van der Waals surface area contributed by atoms with E-state index >= 15 is 0 Å². The first kappa shape index (κ1) is 17.4. The van der Waals surface area contributed by atoms with Gasteiger partial charge >= 0.3 is 0 Å². The minimum atomic E-state index is 0.485. The molecule has 0 spiro atoms. The third-order valence-electron chi connectivity index (χ3n) is 3.97. The SMILES string of the molecule is C=CC(=C)CO/C(=C\C)Cc1ccc(OC[C@H]2CCCN2)cc1. The average Bonchev–Trinajstić information content (AvgIpc) is 3.11. The van der Waals surface area contributed by atoms with Gasteiger partial charge in [-0.1, -0.05) is 31.4 Å². The van der Waals surface area contributed by atoms with E-state index in [9.17, 15) is 0 Å². The van der Waals surface area contributed by atoms with E-state index in [1.54, 1.807) is 6.08 Å². The van der Waals surface area contributed by atoms with Crippen LogP contribution >= 0.6 is 0 Å². The van der Waals surface area contributed by atoms with Crippen LogP contribution in [0, 0.1) is 0 Å². The van der Waals surface area contributed by atoms with E-state index in [0.717, 1.165) is 36.7 Å². The maximum Gasteiger partial charge on any atom is 0.119 e. The Morgan fingerprint density at radius 1 is 1.35 bits per heavy atom. The summed E-state index contributed by atoms with van der Waals surface area (Å²) in [6, 6.07) is 8.73. The molecule has 1 atom stereocenters. The van der Waals surface area contributed by atoms with E-state index in [2.05, 4.69) is 30.6 Å². The molecule has 0 saturated carbocycles. The molecule has 1 fully saturated rings. The molecule has 0 radical (unpaired) electrons. The zero-order valence-corrected chi connectivity index (χ0v) is 14.0. The Balaban J connectivity index is 1.80. The monoisotopic (exact) mass is 313 g/mol. The second-order valence-electron chi connectivity index (χ2n) is 5.83. The molecule has 1 saturated heterocycles. The Morgan fingerprint density at radius 3 is 2.74 bits per heavy atom. The Morgan fingerprint density at radius 2 is 2.13 bits per heavy atom. The summed E-state index contributed by atoms with van der Waals surface area (Å²) < 4.78 is 11.6. The highest BCUT2D eigenvalue weighted by Gasteiger charge is 2.14. The van der Waals surface area contributed by atoms with Gasteiger partial charge in [-0.25, -0.2) is 0 Å². The molecule has 0 bridgehead atoms. The summed E-state index contributed by atoms with van der Waals surface area (Å²) in [5.41, 5.74) is 2.09. The largest absolute Gasteiger partial charge is 0.493 e. The van der Waals surface area contributed by atoms with Crippen LogP contribution in [0.25, 0.3) is 0 Å². The Labute approximate surface area is 139 Å². The lowest BCUT2D eigenvalue weighted by atomic mass is 10.1. The first-order valence-corrected chi connectivity index (χ1v) is 8.24. The van der Waals surface area contributed by atoms with E-state index in [1.165, 1.54) is 18.4 Å². The van der Waals surface area contributed by atoms with Crippen LogP contribution in [0.1, 0.15) is 25.3 Å². The lowest BCUT2D eigenvalue weighted by molar-refractivity contribution is 0.235. The molecule has 2 rings (SSSR count). The summed E-state index contributed by atoms with van der Waals surface area (Å²) in [6.45, 7) is 11.9. The second kappa shape index (κ2) is 9.21. The van der Waals surface area contributed by atoms with E-state index in [1.807, 2.05) is 25.1 Å². The van der Waals surface area contributed by atoms with E-state index in [0.29, 0.717) is 12.6 Å². The number of hydrogen-bond donors (Lipinski definition) is 1. The van der Waals surface area contributed by atoms with Gasteiger partial charge in [-0.3, -0.25) is 0 Å². The summed E-state index contributed by atoms with van der Waals surface area (Å²) in [5.74, 6) is 1.86. The molecular formula is C20H27NO2. The average molecular weight is 313 g/mol. The number of ether oxygens (including phenoxy) is 2. The van der Waals surface area contributed by atoms with Gasteiger partial charge in [0.05, 0.1) is 5.76 Å². The Hall–Kier alpha value is -2.00. The van der Waals surface area contributed by atoms with Crippen LogP contribution in [0.2, 0.25) is 0 Å². The fourth-order valence-corrected chi connectivity index (χ4v) is 2.48. The maximum absolute atomic E-state index is 5.84. The van der Waals surface area contributed by atoms with Crippen LogP contribution in [0.4, 0.5) is 0 Å². The van der Waals surface area contributed by atoms with Gasteiger partial charge in [0, 0.05) is 12.5 Å². The highest BCUT2D eigenvalue weighted by Crippen LogP contribution is 2.17. The van der Waals surface area contributed by atoms with Crippen LogP contribution in [-0.4, -0.2) is 25.8 Å². The molecule has 0 amide bonds. The standard InChI is InChI=1S/C20H27NO2/c1-4-16(3)14-22-19(5-2)13-17-8-10-20(11-9-17)23-15-18-7-6-12-21-18/h4-5,8-11,18,21H,1,3,6-7,12-15H2,2H3/b19-5-/t18-/m1/s1. The van der Waals surface area contributed by atoms with Crippen molar-refractivity contribution in [2.75, 3.05) is 19.8 Å². The molecule has 0 aliphatic carbocycles. The minimum Gasteiger partial charge on any atom is -0.493 e. The third kappa shape index (κ3) is 5.95. The van der Waals surface area contributed by atoms with E-state index in [-0.39, 0.29) is 0 Å². The molecule has 3 nitrogen and oxygen atoms in total. The van der Waals surface area contributed by atoms with Crippen LogP contribution < -0.4 is 10.1 Å². The summed E-state index contributed by atoms with van der Waals surface area (Å²) in [6.07, 6.45) is 6.93. The van der Waals surface area contributed by atoms with Crippen LogP contribution in [-0.2, 0) is 11.2 Å². The van der Waals surface area contributed by atoms with Crippen molar-refractivity contribution < 1.29 is 9.47 Å². The topological polar surface area (TPSA) is 30.5 Å². The zero-order chi connectivity index (χ0) is 16.5. The van der Waals surface area contributed by atoms with Crippen LogP contribution in [0.15, 0.2) is 60.9 Å². The van der Waals surface area contributed by atoms with Gasteiger partial charge in [0.2, 0.25) is 0 Å². The number of nitrogens with one attached hydrogen (secondary N) is 1. The molecule has 1 heterocycles. The van der Waals surface area contributed by atoms with Gasteiger partial charge in [0.1, 0.15) is 19.0 Å². The molecule has 3 heteroatoms. The minimum absolute atomic E-state index is 0.485. The van der Waals surface area contributed by atoms with Crippen molar-refractivity contribution in [2.45, 2.75) is 32.2 Å². The molecule has 1 aromatic rings. The maximum atomic E-state index is 5.84. The molecule has 1 N–H and O–H groups in total. The van der Waals surface area contributed by atoms with Gasteiger partial charge in [-0.2, -0.15) is 0 Å². The molecule has 1 aliphatic heterocycles. The predicted octanol–water partition coefficient (Wildman–Crippen LogP) is 4.02. The highest BCUT2D eigenvalue weighted by molar-refractivity contribution is 5.29. The fraction of sp³-hybridized carbons (Fsp3) is 0.400. The first-order chi connectivity index (χ1) is 11.2. The highest BCUT2D eigenvalue weighted by atomic mass is 16.5. The lowest BCUT2D eigenvalue weighted by Gasteiger charge is -2.13. The van der Waals surface area contributed by atoms with Gasteiger partial charge < -0.3 is 14.8 Å². The molecule has 23 heavy (non-hydrogen) atoms. The Bertz CT molecular complexity index is 539. The summed E-state index contributed by atoms with van der Waals surface area (Å²) in [5, 5.41) is 3.44. The molecule has 124 valence electrons. The predicted molar refractivity (Wildman–Crippen MR) is 95.7 cm³/mol. The number of allylic oxidation sites excluding steroid dienone is 2. The smallest absolute Gasteiger partial charge is 0.119 e. The van der Waals surface area contributed by atoms with Crippen molar-refractivity contribution in [2.24, 2.45) is 0 Å². The summed E-state index contributed by atoms with van der Waals surface area (Å²) >= 11 is 0. The van der Waals surface area contributed by atoms with Gasteiger partial charge in [0.25, 0.3) is 0 Å². The van der Waals surface area contributed by atoms with Crippen molar-refractivity contribution in [3.8, 4) is 5.75 Å². The normalized spacial score (nSPS) is 17.8. The van der Waals surface area contributed by atoms with Crippen molar-refractivity contribution in [3.05, 3.63) is 66.5 Å². The third-order valence-corrected chi connectivity index (χ3v) is 3.97. The fourth-order valence-electron chi connectivity index (χ4n) is 2.48. The van der Waals surface area contributed by atoms with Gasteiger partial charge in [-0.15, -0.1) is 0 Å². The first-order valence-electron chi connectivity index (χ1n) is 8.24. The number of rotatable bonds is 9. The van der Waals surface area contributed by atoms with Crippen LogP contribution in [0.3, 0.4) is 0 Å². The lowest BCUT2D eigenvalue weighted by Crippen LogP contribution is -2.28. The van der Waals surface area contributed by atoms with E-state index < -0.39 is 0 Å². The van der Waals surface area contributed by atoms with Crippen molar-refractivity contribution in [1.82, 2.24) is 5.32 Å². The van der Waals surface area contributed by atoms with Crippen LogP contribution in [0.5, 0.6) is 5.75 Å². The second-order valence-corrected chi connectivity index (χ2v) is 5.83. The quantitative estimate of drug-likeness (QED) is 0.552. The van der Waals surface area contributed by atoms with E-state index in [4.69, 9.17) is 9.47 Å². The van der Waals surface area contributed by atoms with Crippen molar-refractivity contribution in [1.29, 1.82) is 0 Å². The molecule has 0 aromatic heterocycles. The number of hydrogen-bond acceptors (Lipinski definition) is 3.